The number of rotatable bonds is 2. The van der Waals surface area contributed by atoms with E-state index in [0.717, 1.165) is 6.42 Å². The molecule has 0 rings (SSSR count). The zero-order valence-electron chi connectivity index (χ0n) is 5.27. The molecule has 0 saturated carbocycles. The number of hydrogen-bond acceptors (Lipinski definition) is 4. The third kappa shape index (κ3) is 112. The Hall–Kier alpha value is -0.210. The van der Waals surface area contributed by atoms with E-state index in [4.69, 9.17) is 28.4 Å². The summed E-state index contributed by atoms with van der Waals surface area (Å²) in [7, 11) is -4.67. The number of aliphatic hydroxyl groups is 1. The molecular weight excluding hydrogens is 162 g/mol. The maximum atomic E-state index is 8.74. The van der Waals surface area contributed by atoms with Crippen LogP contribution in [0, 0.1) is 0 Å². The largest absolute Gasteiger partial charge is 0.396 e. The molecule has 7 heteroatoms. The van der Waals surface area contributed by atoms with Gasteiger partial charge in [-0.15, -0.1) is 0 Å². The first-order valence-electron chi connectivity index (χ1n) is 2.42. The quantitative estimate of drug-likeness (QED) is 0.384. The minimum Gasteiger partial charge on any atom is -0.396 e. The molecule has 0 aliphatic heterocycles. The van der Waals surface area contributed by atoms with E-state index in [2.05, 4.69) is 0 Å². The zero-order chi connectivity index (χ0) is 8.62. The summed E-state index contributed by atoms with van der Waals surface area (Å²) in [6.07, 6.45) is 0.722. The molecule has 0 aromatic carbocycles. The van der Waals surface area contributed by atoms with Crippen molar-refractivity contribution in [3.63, 3.8) is 0 Å². The third-order valence-corrected chi connectivity index (χ3v) is 0.362. The molecule has 5 N–H and O–H groups in total. The average molecular weight is 173 g/mol. The van der Waals surface area contributed by atoms with Gasteiger partial charge in [-0.05, 0) is 13.0 Å². The van der Waals surface area contributed by atoms with Crippen LogP contribution in [0.4, 0.5) is 0 Å². The van der Waals surface area contributed by atoms with E-state index in [1.165, 1.54) is 0 Å². The van der Waals surface area contributed by atoms with Crippen molar-refractivity contribution < 1.29 is 22.6 Å². The van der Waals surface area contributed by atoms with Crippen molar-refractivity contribution in [3.05, 3.63) is 0 Å². The second kappa shape index (κ2) is 6.90. The predicted molar refractivity (Wildman–Crippen MR) is 34.9 cm³/mol. The molecule has 0 saturated heterocycles. The maximum absolute atomic E-state index is 8.74. The van der Waals surface area contributed by atoms with Crippen molar-refractivity contribution in [2.45, 2.75) is 6.42 Å². The molecule has 0 aliphatic carbocycles. The van der Waals surface area contributed by atoms with Crippen molar-refractivity contribution in [1.29, 1.82) is 0 Å². The van der Waals surface area contributed by atoms with Gasteiger partial charge in [0.2, 0.25) is 0 Å². The average Bonchev–Trinajstić information content (AvgIpc) is 1.63. The standard InChI is InChI=1S/C3H9NO.H2O4S/c4-2-1-3-5;1-5(2,3)4/h5H,1-4H2;(H2,1,2,3,4). The molecule has 0 aromatic heterocycles. The van der Waals surface area contributed by atoms with Gasteiger partial charge < -0.3 is 10.8 Å². The third-order valence-electron chi connectivity index (χ3n) is 0.362. The highest BCUT2D eigenvalue weighted by molar-refractivity contribution is 7.79. The van der Waals surface area contributed by atoms with Crippen LogP contribution in [0.1, 0.15) is 6.42 Å². The zero-order valence-corrected chi connectivity index (χ0v) is 6.08. The summed E-state index contributed by atoms with van der Waals surface area (Å²) in [4.78, 5) is 0. The molecule has 0 amide bonds. The number of aliphatic hydroxyl groups excluding tert-OH is 1. The fourth-order valence-electron chi connectivity index (χ4n) is 0.0913. The highest BCUT2D eigenvalue weighted by Gasteiger charge is 1.84. The van der Waals surface area contributed by atoms with Crippen molar-refractivity contribution in [3.8, 4) is 0 Å². The first kappa shape index (κ1) is 12.5. The monoisotopic (exact) mass is 173 g/mol. The Morgan fingerprint density at radius 2 is 1.60 bits per heavy atom. The van der Waals surface area contributed by atoms with E-state index in [-0.39, 0.29) is 6.61 Å². The van der Waals surface area contributed by atoms with Gasteiger partial charge in [0.15, 0.2) is 0 Å². The lowest BCUT2D eigenvalue weighted by molar-refractivity contribution is 0.291. The second-order valence-electron chi connectivity index (χ2n) is 1.31. The maximum Gasteiger partial charge on any atom is 0.394 e. The second-order valence-corrected chi connectivity index (χ2v) is 2.21. The van der Waals surface area contributed by atoms with E-state index in [1.54, 1.807) is 0 Å². The Balaban J connectivity index is 0. The van der Waals surface area contributed by atoms with Crippen LogP contribution in [-0.2, 0) is 10.4 Å². The van der Waals surface area contributed by atoms with Gasteiger partial charge in [-0.25, -0.2) is 0 Å². The van der Waals surface area contributed by atoms with Crippen LogP contribution in [0.15, 0.2) is 0 Å². The summed E-state index contributed by atoms with van der Waals surface area (Å²) in [5, 5.41) is 7.99. The van der Waals surface area contributed by atoms with Crippen LogP contribution in [-0.4, -0.2) is 35.8 Å². The summed E-state index contributed by atoms with van der Waals surface area (Å²) in [5.74, 6) is 0. The van der Waals surface area contributed by atoms with Crippen LogP contribution in [0.3, 0.4) is 0 Å². The Bertz CT molecular complexity index is 131. The van der Waals surface area contributed by atoms with E-state index in [9.17, 15) is 0 Å². The van der Waals surface area contributed by atoms with Crippen LogP contribution in [0.5, 0.6) is 0 Å². The van der Waals surface area contributed by atoms with Crippen molar-refractivity contribution in [1.82, 2.24) is 0 Å². The van der Waals surface area contributed by atoms with E-state index < -0.39 is 10.4 Å². The smallest absolute Gasteiger partial charge is 0.394 e. The van der Waals surface area contributed by atoms with Gasteiger partial charge in [0.05, 0.1) is 0 Å². The van der Waals surface area contributed by atoms with Gasteiger partial charge in [-0.1, -0.05) is 0 Å². The molecule has 6 nitrogen and oxygen atoms in total. The number of nitrogens with two attached hydrogens (primary N) is 1. The summed E-state index contributed by atoms with van der Waals surface area (Å²) in [5.41, 5.74) is 4.98. The Kier molecular flexibility index (Phi) is 8.61. The summed E-state index contributed by atoms with van der Waals surface area (Å²) in [6.45, 7) is 0.812. The van der Waals surface area contributed by atoms with Crippen molar-refractivity contribution >= 4 is 10.4 Å². The van der Waals surface area contributed by atoms with Crippen LogP contribution >= 0.6 is 0 Å². The van der Waals surface area contributed by atoms with E-state index in [1.807, 2.05) is 0 Å². The highest BCUT2D eigenvalue weighted by Crippen LogP contribution is 1.62. The first-order valence-corrected chi connectivity index (χ1v) is 3.82. The minimum absolute atomic E-state index is 0.219. The van der Waals surface area contributed by atoms with Crippen molar-refractivity contribution in [2.75, 3.05) is 13.2 Å². The summed E-state index contributed by atoms with van der Waals surface area (Å²) in [6, 6.07) is 0. The van der Waals surface area contributed by atoms with Gasteiger partial charge in [-0.3, -0.25) is 9.11 Å². The SMILES string of the molecule is NCCCO.O=S(=O)(O)O. The Labute approximate surface area is 59.2 Å². The lowest BCUT2D eigenvalue weighted by Gasteiger charge is -1.80. The van der Waals surface area contributed by atoms with Gasteiger partial charge in [-0.2, -0.15) is 8.42 Å². The van der Waals surface area contributed by atoms with Gasteiger partial charge in [0, 0.05) is 6.61 Å². The lowest BCUT2D eigenvalue weighted by Crippen LogP contribution is -1.99. The Morgan fingerprint density at radius 1 is 1.30 bits per heavy atom. The van der Waals surface area contributed by atoms with Crippen LogP contribution < -0.4 is 5.73 Å². The molecule has 0 aliphatic rings. The molecule has 0 fully saturated rings. The molecule has 0 heterocycles. The normalized spacial score (nSPS) is 10.0. The molecule has 0 atom stereocenters. The molecule has 10 heavy (non-hydrogen) atoms. The molecule has 0 aromatic rings. The lowest BCUT2D eigenvalue weighted by atomic mass is 10.5. The van der Waals surface area contributed by atoms with Gasteiger partial charge >= 0.3 is 10.4 Å². The van der Waals surface area contributed by atoms with Crippen molar-refractivity contribution in [2.24, 2.45) is 5.73 Å². The molecule has 0 unspecified atom stereocenters. The van der Waals surface area contributed by atoms with Crippen LogP contribution in [0.25, 0.3) is 0 Å². The fourth-order valence-corrected chi connectivity index (χ4v) is 0.0913. The molecule has 0 bridgehead atoms. The minimum atomic E-state index is -4.67. The Morgan fingerprint density at radius 3 is 1.60 bits per heavy atom. The summed E-state index contributed by atoms with van der Waals surface area (Å²) >= 11 is 0. The topological polar surface area (TPSA) is 121 Å². The first-order chi connectivity index (χ1) is 4.41. The fraction of sp³-hybridized carbons (Fsp3) is 1.00. The van der Waals surface area contributed by atoms with Gasteiger partial charge in [0.25, 0.3) is 0 Å². The summed E-state index contributed by atoms with van der Waals surface area (Å²) < 4.78 is 31.6. The van der Waals surface area contributed by atoms with E-state index in [0.29, 0.717) is 6.54 Å². The van der Waals surface area contributed by atoms with Gasteiger partial charge in [0.1, 0.15) is 0 Å². The molecule has 0 spiro atoms. The molecular formula is C3H11NO5S. The van der Waals surface area contributed by atoms with E-state index >= 15 is 0 Å². The molecule has 0 radical (unpaired) electrons. The molecule has 64 valence electrons. The van der Waals surface area contributed by atoms with Crippen LogP contribution in [0.2, 0.25) is 0 Å². The number of hydrogen-bond donors (Lipinski definition) is 4. The predicted octanol–water partition coefficient (Wildman–Crippen LogP) is -1.33. The highest BCUT2D eigenvalue weighted by atomic mass is 32.3.